The minimum Gasteiger partial charge on any atom is -0.341 e. The summed E-state index contributed by atoms with van der Waals surface area (Å²) in [5.74, 6) is -1.26. The van der Waals surface area contributed by atoms with E-state index < -0.39 is 18.1 Å². The Balaban J connectivity index is 1.40. The highest BCUT2D eigenvalue weighted by Gasteiger charge is 2.32. The van der Waals surface area contributed by atoms with Crippen LogP contribution in [0.4, 0.5) is 5.69 Å². The van der Waals surface area contributed by atoms with E-state index in [0.29, 0.717) is 17.0 Å². The summed E-state index contributed by atoms with van der Waals surface area (Å²) in [5.41, 5.74) is 3.40. The maximum Gasteiger partial charge on any atom is 0.272 e. The van der Waals surface area contributed by atoms with Crippen molar-refractivity contribution in [3.63, 3.8) is 0 Å². The molecule has 0 radical (unpaired) electrons. The first kappa shape index (κ1) is 23.9. The Morgan fingerprint density at radius 3 is 2.35 bits per heavy atom. The molecule has 0 spiro atoms. The fraction of sp³-hybridized carbons (Fsp3) is 0.133. The van der Waals surface area contributed by atoms with E-state index in [9.17, 15) is 14.4 Å². The molecule has 1 heterocycles. The van der Waals surface area contributed by atoms with Crippen molar-refractivity contribution in [2.45, 2.75) is 19.1 Å². The maximum atomic E-state index is 13.3. The van der Waals surface area contributed by atoms with Crippen LogP contribution in [0.2, 0.25) is 0 Å². The smallest absolute Gasteiger partial charge is 0.272 e. The van der Waals surface area contributed by atoms with Crippen LogP contribution in [0, 0.1) is 0 Å². The van der Waals surface area contributed by atoms with E-state index in [1.807, 2.05) is 84.9 Å². The highest BCUT2D eigenvalue weighted by atomic mass is 16.2. The standard InChI is InChI=1S/C30H26N4O3/c1-19(31-29(36)23-17-10-14-20-11-6-7-15-22(20)23)28(35)33-27-30(37)34(2)25-18-9-8-16-24(25)26(32-27)21-12-4-3-5-13-21/h3-19,27H,1-2H3,(H,31,36)(H,33,35)/t19-,27?/m0/s1. The first-order chi connectivity index (χ1) is 17.9. The molecule has 4 aromatic rings. The summed E-state index contributed by atoms with van der Waals surface area (Å²) in [6.45, 7) is 1.58. The van der Waals surface area contributed by atoms with Gasteiger partial charge in [0.1, 0.15) is 6.04 Å². The fourth-order valence-corrected chi connectivity index (χ4v) is 4.47. The zero-order valence-electron chi connectivity index (χ0n) is 20.5. The molecule has 3 amide bonds. The van der Waals surface area contributed by atoms with Crippen LogP contribution in [0.25, 0.3) is 10.8 Å². The molecule has 1 aliphatic heterocycles. The number of para-hydroxylation sites is 1. The molecule has 0 aromatic heterocycles. The largest absolute Gasteiger partial charge is 0.341 e. The number of hydrogen-bond acceptors (Lipinski definition) is 4. The van der Waals surface area contributed by atoms with Gasteiger partial charge in [-0.25, -0.2) is 4.99 Å². The van der Waals surface area contributed by atoms with Crippen LogP contribution in [-0.2, 0) is 9.59 Å². The number of fused-ring (bicyclic) bond motifs is 2. The van der Waals surface area contributed by atoms with Crippen LogP contribution < -0.4 is 15.5 Å². The zero-order valence-corrected chi connectivity index (χ0v) is 20.5. The Kier molecular flexibility index (Phi) is 6.51. The molecule has 184 valence electrons. The van der Waals surface area contributed by atoms with E-state index in [0.717, 1.165) is 21.9 Å². The molecule has 1 unspecified atom stereocenters. The van der Waals surface area contributed by atoms with Crippen LogP contribution in [-0.4, -0.2) is 42.7 Å². The molecular weight excluding hydrogens is 464 g/mol. The average molecular weight is 491 g/mol. The second-order valence-corrected chi connectivity index (χ2v) is 8.89. The molecule has 0 saturated heterocycles. The lowest BCUT2D eigenvalue weighted by Crippen LogP contribution is -2.52. The molecule has 2 atom stereocenters. The van der Waals surface area contributed by atoms with E-state index in [4.69, 9.17) is 4.99 Å². The normalized spacial score (nSPS) is 15.8. The van der Waals surface area contributed by atoms with Gasteiger partial charge in [0.05, 0.1) is 11.4 Å². The second kappa shape index (κ2) is 10.1. The third-order valence-electron chi connectivity index (χ3n) is 6.44. The molecule has 0 fully saturated rings. The van der Waals surface area contributed by atoms with Crippen molar-refractivity contribution < 1.29 is 14.4 Å². The average Bonchev–Trinajstić information content (AvgIpc) is 3.03. The van der Waals surface area contributed by atoms with Crippen LogP contribution in [0.1, 0.15) is 28.4 Å². The number of nitrogens with one attached hydrogen (secondary N) is 2. The van der Waals surface area contributed by atoms with Crippen molar-refractivity contribution in [1.29, 1.82) is 0 Å². The maximum absolute atomic E-state index is 13.3. The first-order valence-electron chi connectivity index (χ1n) is 12.0. The highest BCUT2D eigenvalue weighted by molar-refractivity contribution is 6.20. The van der Waals surface area contributed by atoms with Gasteiger partial charge in [-0.05, 0) is 29.8 Å². The second-order valence-electron chi connectivity index (χ2n) is 8.89. The lowest BCUT2D eigenvalue weighted by Gasteiger charge is -2.22. The molecule has 7 heteroatoms. The lowest BCUT2D eigenvalue weighted by atomic mass is 10.0. The van der Waals surface area contributed by atoms with E-state index in [1.165, 1.54) is 4.90 Å². The van der Waals surface area contributed by atoms with Gasteiger partial charge < -0.3 is 15.5 Å². The molecular formula is C30H26N4O3. The Morgan fingerprint density at radius 2 is 1.54 bits per heavy atom. The van der Waals surface area contributed by atoms with Crippen molar-refractivity contribution >= 4 is 39.9 Å². The summed E-state index contributed by atoms with van der Waals surface area (Å²) >= 11 is 0. The molecule has 0 bridgehead atoms. The number of benzene rings is 4. The lowest BCUT2D eigenvalue weighted by molar-refractivity contribution is -0.128. The van der Waals surface area contributed by atoms with Gasteiger partial charge in [0.2, 0.25) is 12.1 Å². The summed E-state index contributed by atoms with van der Waals surface area (Å²) < 4.78 is 0. The molecule has 4 aromatic carbocycles. The number of carbonyl (C=O) groups excluding carboxylic acids is 3. The summed E-state index contributed by atoms with van der Waals surface area (Å²) in [4.78, 5) is 45.7. The summed E-state index contributed by atoms with van der Waals surface area (Å²) in [5, 5.41) is 7.22. The molecule has 1 aliphatic rings. The molecule has 0 aliphatic carbocycles. The highest BCUT2D eigenvalue weighted by Crippen LogP contribution is 2.27. The minimum atomic E-state index is -1.16. The Bertz CT molecular complexity index is 1530. The van der Waals surface area contributed by atoms with E-state index in [2.05, 4.69) is 10.6 Å². The first-order valence-corrected chi connectivity index (χ1v) is 12.0. The van der Waals surface area contributed by atoms with Gasteiger partial charge in [-0.15, -0.1) is 0 Å². The number of rotatable bonds is 5. The van der Waals surface area contributed by atoms with Crippen LogP contribution in [0.5, 0.6) is 0 Å². The molecule has 37 heavy (non-hydrogen) atoms. The number of benzodiazepines with no additional fused rings is 1. The van der Waals surface area contributed by atoms with Crippen molar-refractivity contribution in [2.24, 2.45) is 4.99 Å². The number of anilines is 1. The topological polar surface area (TPSA) is 90.9 Å². The third kappa shape index (κ3) is 4.71. The number of amides is 3. The van der Waals surface area contributed by atoms with E-state index >= 15 is 0 Å². The van der Waals surface area contributed by atoms with Gasteiger partial charge in [0.25, 0.3) is 11.8 Å². The van der Waals surface area contributed by atoms with Gasteiger partial charge in [-0.2, -0.15) is 0 Å². The Hall–Kier alpha value is -4.78. The van der Waals surface area contributed by atoms with Crippen LogP contribution >= 0.6 is 0 Å². The van der Waals surface area contributed by atoms with E-state index in [1.54, 1.807) is 26.1 Å². The van der Waals surface area contributed by atoms with Gasteiger partial charge >= 0.3 is 0 Å². The number of carbonyl (C=O) groups is 3. The quantitative estimate of drug-likeness (QED) is 0.444. The number of hydrogen-bond donors (Lipinski definition) is 2. The van der Waals surface area contributed by atoms with Gasteiger partial charge in [0, 0.05) is 23.7 Å². The van der Waals surface area contributed by atoms with Crippen molar-refractivity contribution in [2.75, 3.05) is 11.9 Å². The molecule has 2 N–H and O–H groups in total. The number of nitrogens with zero attached hydrogens (tertiary/aromatic N) is 2. The predicted molar refractivity (Wildman–Crippen MR) is 145 cm³/mol. The van der Waals surface area contributed by atoms with Gasteiger partial charge in [-0.3, -0.25) is 14.4 Å². The Morgan fingerprint density at radius 1 is 0.865 bits per heavy atom. The van der Waals surface area contributed by atoms with Gasteiger partial charge in [-0.1, -0.05) is 84.9 Å². The number of likely N-dealkylation sites (N-methyl/N-ethyl adjacent to an activating group) is 1. The summed E-state index contributed by atoms with van der Waals surface area (Å²) in [6, 6.07) is 29.2. The van der Waals surface area contributed by atoms with E-state index in [-0.39, 0.29) is 11.8 Å². The van der Waals surface area contributed by atoms with Crippen LogP contribution in [0.3, 0.4) is 0 Å². The molecule has 7 nitrogen and oxygen atoms in total. The third-order valence-corrected chi connectivity index (χ3v) is 6.44. The fourth-order valence-electron chi connectivity index (χ4n) is 4.47. The summed E-state index contributed by atoms with van der Waals surface area (Å²) in [7, 11) is 1.66. The van der Waals surface area contributed by atoms with Gasteiger partial charge in [0.15, 0.2) is 0 Å². The monoisotopic (exact) mass is 490 g/mol. The summed E-state index contributed by atoms with van der Waals surface area (Å²) in [6.07, 6.45) is -1.16. The molecule has 5 rings (SSSR count). The van der Waals surface area contributed by atoms with Crippen molar-refractivity contribution in [3.05, 3.63) is 114 Å². The molecule has 0 saturated carbocycles. The minimum absolute atomic E-state index is 0.371. The Labute approximate surface area is 214 Å². The SMILES string of the molecule is C[C@H](NC(=O)c1cccc2ccccc12)C(=O)NC1N=C(c2ccccc2)c2ccccc2N(C)C1=O. The number of aliphatic imine (C=N–C) groups is 1. The zero-order chi connectivity index (χ0) is 25.9. The van der Waals surface area contributed by atoms with Crippen molar-refractivity contribution in [1.82, 2.24) is 10.6 Å². The van der Waals surface area contributed by atoms with Crippen LogP contribution in [0.15, 0.2) is 102 Å². The predicted octanol–water partition coefficient (Wildman–Crippen LogP) is 3.91. The van der Waals surface area contributed by atoms with Crippen molar-refractivity contribution in [3.8, 4) is 0 Å².